The highest BCUT2D eigenvalue weighted by atomic mass is 16.1. The van der Waals surface area contributed by atoms with Gasteiger partial charge >= 0.3 is 0 Å². The average molecular weight is 340 g/mol. The van der Waals surface area contributed by atoms with Gasteiger partial charge in [0, 0.05) is 32.4 Å². The second kappa shape index (κ2) is 7.23. The molecule has 132 valence electrons. The number of amides is 1. The zero-order chi connectivity index (χ0) is 17.1. The van der Waals surface area contributed by atoms with Crippen LogP contribution in [0, 0.1) is 5.92 Å². The maximum absolute atomic E-state index is 12.6. The SMILES string of the molecule is O=C(NCc1cc2n(n1)CCNC2)C1CCCN(c2ccccn2)C1. The summed E-state index contributed by atoms with van der Waals surface area (Å²) in [6.45, 7) is 4.88. The van der Waals surface area contributed by atoms with E-state index in [0.29, 0.717) is 6.54 Å². The van der Waals surface area contributed by atoms with Gasteiger partial charge < -0.3 is 15.5 Å². The number of aromatic nitrogens is 3. The number of hydrogen-bond donors (Lipinski definition) is 2. The molecule has 0 spiro atoms. The van der Waals surface area contributed by atoms with Crippen LogP contribution in [0.3, 0.4) is 0 Å². The van der Waals surface area contributed by atoms with Crippen molar-refractivity contribution in [3.05, 3.63) is 41.9 Å². The number of rotatable bonds is 4. The van der Waals surface area contributed by atoms with Gasteiger partial charge in [0.1, 0.15) is 5.82 Å². The van der Waals surface area contributed by atoms with Crippen LogP contribution in [-0.2, 0) is 24.4 Å². The van der Waals surface area contributed by atoms with E-state index < -0.39 is 0 Å². The van der Waals surface area contributed by atoms with Crippen LogP contribution in [-0.4, -0.2) is 40.3 Å². The zero-order valence-electron chi connectivity index (χ0n) is 14.3. The molecule has 2 N–H and O–H groups in total. The molecule has 0 radical (unpaired) electrons. The molecule has 25 heavy (non-hydrogen) atoms. The first-order chi connectivity index (χ1) is 12.3. The molecule has 2 aromatic rings. The van der Waals surface area contributed by atoms with Crippen molar-refractivity contribution >= 4 is 11.7 Å². The monoisotopic (exact) mass is 340 g/mol. The molecule has 1 saturated heterocycles. The minimum Gasteiger partial charge on any atom is -0.356 e. The summed E-state index contributed by atoms with van der Waals surface area (Å²) in [4.78, 5) is 19.2. The lowest BCUT2D eigenvalue weighted by molar-refractivity contribution is -0.125. The maximum Gasteiger partial charge on any atom is 0.225 e. The van der Waals surface area contributed by atoms with E-state index in [9.17, 15) is 4.79 Å². The standard InChI is InChI=1S/C18H24N6O/c25-18(21-11-15-10-16-12-19-7-9-24(16)22-15)14-4-3-8-23(13-14)17-5-1-2-6-20-17/h1-2,5-6,10,14,19H,3-4,7-9,11-13H2,(H,21,25). The van der Waals surface area contributed by atoms with Crippen LogP contribution in [0.15, 0.2) is 30.5 Å². The predicted molar refractivity (Wildman–Crippen MR) is 95.0 cm³/mol. The first-order valence-electron chi connectivity index (χ1n) is 8.99. The van der Waals surface area contributed by atoms with E-state index in [1.165, 1.54) is 5.69 Å². The van der Waals surface area contributed by atoms with Crippen molar-refractivity contribution in [3.8, 4) is 0 Å². The van der Waals surface area contributed by atoms with Gasteiger partial charge in [0.05, 0.1) is 30.4 Å². The fraction of sp³-hybridized carbons (Fsp3) is 0.500. The third-order valence-corrected chi connectivity index (χ3v) is 4.93. The van der Waals surface area contributed by atoms with Crippen molar-refractivity contribution in [2.45, 2.75) is 32.5 Å². The lowest BCUT2D eigenvalue weighted by Gasteiger charge is -2.32. The minimum absolute atomic E-state index is 0.00895. The van der Waals surface area contributed by atoms with Crippen molar-refractivity contribution in [1.82, 2.24) is 25.4 Å². The number of fused-ring (bicyclic) bond motifs is 1. The van der Waals surface area contributed by atoms with Crippen LogP contribution in [0.5, 0.6) is 0 Å². The molecule has 4 rings (SSSR count). The Balaban J connectivity index is 1.34. The summed E-state index contributed by atoms with van der Waals surface area (Å²) in [5.74, 6) is 1.08. The lowest BCUT2D eigenvalue weighted by Crippen LogP contribution is -2.43. The topological polar surface area (TPSA) is 75.1 Å². The fourth-order valence-electron chi connectivity index (χ4n) is 3.60. The normalized spacial score (nSPS) is 20.2. The number of nitrogens with zero attached hydrogens (tertiary/aromatic N) is 4. The van der Waals surface area contributed by atoms with E-state index in [4.69, 9.17) is 0 Å². The van der Waals surface area contributed by atoms with Crippen LogP contribution in [0.4, 0.5) is 5.82 Å². The third kappa shape index (κ3) is 3.66. The van der Waals surface area contributed by atoms with Gasteiger partial charge in [-0.15, -0.1) is 0 Å². The number of pyridine rings is 1. The van der Waals surface area contributed by atoms with Gasteiger partial charge in [-0.25, -0.2) is 4.98 Å². The molecular formula is C18H24N6O. The highest BCUT2D eigenvalue weighted by molar-refractivity contribution is 5.79. The van der Waals surface area contributed by atoms with Gasteiger partial charge in [-0.05, 0) is 31.0 Å². The Hall–Kier alpha value is -2.41. The molecular weight excluding hydrogens is 316 g/mol. The fourth-order valence-corrected chi connectivity index (χ4v) is 3.60. The summed E-state index contributed by atoms with van der Waals surface area (Å²) in [5, 5.41) is 11.0. The van der Waals surface area contributed by atoms with Crippen molar-refractivity contribution in [3.63, 3.8) is 0 Å². The van der Waals surface area contributed by atoms with E-state index in [2.05, 4.69) is 31.7 Å². The molecule has 2 aliphatic heterocycles. The smallest absolute Gasteiger partial charge is 0.225 e. The number of piperidine rings is 1. The summed E-state index contributed by atoms with van der Waals surface area (Å²) in [7, 11) is 0. The average Bonchev–Trinajstić information content (AvgIpc) is 3.10. The number of anilines is 1. The number of carbonyl (C=O) groups is 1. The highest BCUT2D eigenvalue weighted by Gasteiger charge is 2.26. The molecule has 0 saturated carbocycles. The second-order valence-electron chi connectivity index (χ2n) is 6.72. The van der Waals surface area contributed by atoms with Crippen LogP contribution < -0.4 is 15.5 Å². The Kier molecular flexibility index (Phi) is 4.65. The second-order valence-corrected chi connectivity index (χ2v) is 6.72. The first-order valence-corrected chi connectivity index (χ1v) is 8.99. The number of hydrogen-bond acceptors (Lipinski definition) is 5. The quantitative estimate of drug-likeness (QED) is 0.865. The van der Waals surface area contributed by atoms with Crippen LogP contribution in [0.25, 0.3) is 0 Å². The van der Waals surface area contributed by atoms with Gasteiger partial charge in [-0.1, -0.05) is 6.07 Å². The first kappa shape index (κ1) is 16.1. The molecule has 7 heteroatoms. The van der Waals surface area contributed by atoms with Gasteiger partial charge in [-0.2, -0.15) is 5.10 Å². The van der Waals surface area contributed by atoms with Crippen LogP contribution >= 0.6 is 0 Å². The zero-order valence-corrected chi connectivity index (χ0v) is 14.3. The summed E-state index contributed by atoms with van der Waals surface area (Å²) < 4.78 is 2.03. The lowest BCUT2D eigenvalue weighted by atomic mass is 9.97. The Morgan fingerprint density at radius 2 is 2.32 bits per heavy atom. The Labute approximate surface area is 147 Å². The van der Waals surface area contributed by atoms with Gasteiger partial charge in [0.15, 0.2) is 0 Å². The Morgan fingerprint density at radius 1 is 1.36 bits per heavy atom. The third-order valence-electron chi connectivity index (χ3n) is 4.93. The molecule has 4 heterocycles. The molecule has 1 amide bonds. The van der Waals surface area contributed by atoms with Crippen LogP contribution in [0.1, 0.15) is 24.2 Å². The van der Waals surface area contributed by atoms with Gasteiger partial charge in [0.2, 0.25) is 5.91 Å². The van der Waals surface area contributed by atoms with E-state index in [1.54, 1.807) is 6.20 Å². The highest BCUT2D eigenvalue weighted by Crippen LogP contribution is 2.21. The number of carbonyl (C=O) groups excluding carboxylic acids is 1. The molecule has 1 fully saturated rings. The molecule has 0 bridgehead atoms. The van der Waals surface area contributed by atoms with E-state index in [0.717, 1.165) is 57.1 Å². The minimum atomic E-state index is 0.00895. The van der Waals surface area contributed by atoms with Gasteiger partial charge in [-0.3, -0.25) is 9.48 Å². The summed E-state index contributed by atoms with van der Waals surface area (Å²) >= 11 is 0. The summed E-state index contributed by atoms with van der Waals surface area (Å²) in [5.41, 5.74) is 2.12. The maximum atomic E-state index is 12.6. The molecule has 2 aromatic heterocycles. The van der Waals surface area contributed by atoms with Crippen molar-refractivity contribution in [1.29, 1.82) is 0 Å². The van der Waals surface area contributed by atoms with E-state index >= 15 is 0 Å². The molecule has 2 aliphatic rings. The molecule has 0 aromatic carbocycles. The molecule has 7 nitrogen and oxygen atoms in total. The van der Waals surface area contributed by atoms with Crippen molar-refractivity contribution < 1.29 is 4.79 Å². The Morgan fingerprint density at radius 3 is 3.16 bits per heavy atom. The molecule has 1 unspecified atom stereocenters. The van der Waals surface area contributed by atoms with Crippen molar-refractivity contribution in [2.75, 3.05) is 24.5 Å². The predicted octanol–water partition coefficient (Wildman–Crippen LogP) is 0.914. The van der Waals surface area contributed by atoms with E-state index in [-0.39, 0.29) is 11.8 Å². The summed E-state index contributed by atoms with van der Waals surface area (Å²) in [6, 6.07) is 7.98. The van der Waals surface area contributed by atoms with Gasteiger partial charge in [0.25, 0.3) is 0 Å². The number of nitrogens with one attached hydrogen (secondary N) is 2. The van der Waals surface area contributed by atoms with E-state index in [1.807, 2.05) is 22.9 Å². The Bertz CT molecular complexity index is 705. The molecule has 0 aliphatic carbocycles. The summed E-state index contributed by atoms with van der Waals surface area (Å²) in [6.07, 6.45) is 3.74. The largest absolute Gasteiger partial charge is 0.356 e. The van der Waals surface area contributed by atoms with Crippen LogP contribution in [0.2, 0.25) is 0 Å². The molecule has 1 atom stereocenters. The van der Waals surface area contributed by atoms with Crippen molar-refractivity contribution in [2.24, 2.45) is 5.92 Å².